The fourth-order valence-corrected chi connectivity index (χ4v) is 3.52. The van der Waals surface area contributed by atoms with Crippen LogP contribution in [0.3, 0.4) is 0 Å². The van der Waals surface area contributed by atoms with Crippen molar-refractivity contribution in [2.45, 2.75) is 32.2 Å². The molecule has 4 rings (SSSR count). The van der Waals surface area contributed by atoms with Crippen molar-refractivity contribution in [3.8, 4) is 0 Å². The normalized spacial score (nSPS) is 20.6. The van der Waals surface area contributed by atoms with Gasteiger partial charge in [0.2, 0.25) is 0 Å². The monoisotopic (exact) mass is 354 g/mol. The van der Waals surface area contributed by atoms with Crippen LogP contribution in [0, 0.1) is 0 Å². The molecule has 6 heteroatoms. The highest BCUT2D eigenvalue weighted by Gasteiger charge is 2.27. The molecule has 128 valence electrons. The van der Waals surface area contributed by atoms with Crippen molar-refractivity contribution in [2.24, 2.45) is 0 Å². The molecular formula is C19H19ClN4O. The first kappa shape index (κ1) is 16.1. The summed E-state index contributed by atoms with van der Waals surface area (Å²) in [6.07, 6.45) is 15.1. The summed E-state index contributed by atoms with van der Waals surface area (Å²) in [5.74, 6) is -0.0717. The van der Waals surface area contributed by atoms with E-state index in [1.165, 1.54) is 11.1 Å². The summed E-state index contributed by atoms with van der Waals surface area (Å²) in [5.41, 5.74) is 3.65. The molecule has 1 amide bonds. The number of amides is 1. The Labute approximate surface area is 151 Å². The minimum atomic E-state index is -0.0717. The maximum atomic E-state index is 12.9. The fraction of sp³-hybridized carbons (Fsp3) is 0.316. The molecule has 0 aromatic carbocycles. The minimum Gasteiger partial charge on any atom is -0.330 e. The van der Waals surface area contributed by atoms with Crippen molar-refractivity contribution in [1.29, 1.82) is 0 Å². The number of fused-ring (bicyclic) bond motifs is 1. The van der Waals surface area contributed by atoms with Crippen LogP contribution in [0.15, 0.2) is 53.9 Å². The predicted octanol–water partition coefficient (Wildman–Crippen LogP) is 3.82. The SMILES string of the molecule is CC1CC(C2=CCCC=C2)=CCN1C(=O)c1cc2ncc(Cl)cn2n1. The highest BCUT2D eigenvalue weighted by atomic mass is 35.5. The van der Waals surface area contributed by atoms with Crippen LogP contribution in [0.5, 0.6) is 0 Å². The zero-order valence-corrected chi connectivity index (χ0v) is 14.8. The number of carbonyl (C=O) groups excluding carboxylic acids is 1. The van der Waals surface area contributed by atoms with Crippen LogP contribution >= 0.6 is 11.6 Å². The molecule has 0 saturated carbocycles. The zero-order valence-electron chi connectivity index (χ0n) is 14.0. The smallest absolute Gasteiger partial charge is 0.274 e. The van der Waals surface area contributed by atoms with E-state index in [4.69, 9.17) is 11.6 Å². The lowest BCUT2D eigenvalue weighted by atomic mass is 9.91. The molecule has 2 aromatic rings. The standard InChI is InChI=1S/C19H19ClN4O/c1-13-9-15(14-5-3-2-4-6-14)7-8-23(13)19(25)17-10-18-21-11-16(20)12-24(18)22-17/h3,5-7,10-13H,2,4,8-9H2,1H3. The largest absolute Gasteiger partial charge is 0.330 e. The van der Waals surface area contributed by atoms with Gasteiger partial charge in [0.25, 0.3) is 5.91 Å². The van der Waals surface area contributed by atoms with E-state index in [0.29, 0.717) is 22.9 Å². The molecule has 0 fully saturated rings. The average Bonchev–Trinajstić information content (AvgIpc) is 3.05. The van der Waals surface area contributed by atoms with Gasteiger partial charge in [0.15, 0.2) is 11.3 Å². The number of nitrogens with zero attached hydrogens (tertiary/aromatic N) is 4. The van der Waals surface area contributed by atoms with E-state index in [1.54, 1.807) is 23.0 Å². The van der Waals surface area contributed by atoms with Crippen LogP contribution in [0.1, 0.15) is 36.7 Å². The quantitative estimate of drug-likeness (QED) is 0.823. The van der Waals surface area contributed by atoms with Gasteiger partial charge >= 0.3 is 0 Å². The molecule has 1 aliphatic carbocycles. The van der Waals surface area contributed by atoms with Crippen molar-refractivity contribution < 1.29 is 4.79 Å². The fourth-order valence-electron chi connectivity index (χ4n) is 3.38. The zero-order chi connectivity index (χ0) is 17.4. The number of carbonyl (C=O) groups is 1. The second-order valence-corrected chi connectivity index (χ2v) is 6.92. The summed E-state index contributed by atoms with van der Waals surface area (Å²) in [4.78, 5) is 18.9. The third-order valence-electron chi connectivity index (χ3n) is 4.71. The first-order chi connectivity index (χ1) is 12.1. The van der Waals surface area contributed by atoms with Crippen molar-refractivity contribution in [2.75, 3.05) is 6.54 Å². The molecule has 25 heavy (non-hydrogen) atoms. The Kier molecular flexibility index (Phi) is 4.17. The maximum absolute atomic E-state index is 12.9. The molecule has 0 saturated heterocycles. The Morgan fingerprint density at radius 2 is 2.20 bits per heavy atom. The first-order valence-corrected chi connectivity index (χ1v) is 8.87. The number of aromatic nitrogens is 3. The molecule has 3 heterocycles. The summed E-state index contributed by atoms with van der Waals surface area (Å²) >= 11 is 5.93. The van der Waals surface area contributed by atoms with E-state index in [9.17, 15) is 4.79 Å². The van der Waals surface area contributed by atoms with Crippen molar-refractivity contribution in [1.82, 2.24) is 19.5 Å². The molecule has 2 aliphatic rings. The van der Waals surface area contributed by atoms with Crippen LogP contribution in [-0.4, -0.2) is 38.0 Å². The summed E-state index contributed by atoms with van der Waals surface area (Å²) in [5, 5.41) is 4.82. The second-order valence-electron chi connectivity index (χ2n) is 6.48. The van der Waals surface area contributed by atoms with E-state index in [2.05, 4.69) is 41.3 Å². The Bertz CT molecular complexity index is 925. The lowest BCUT2D eigenvalue weighted by Gasteiger charge is -2.33. The predicted molar refractivity (Wildman–Crippen MR) is 97.7 cm³/mol. The molecule has 1 unspecified atom stereocenters. The Balaban J connectivity index is 1.56. The highest BCUT2D eigenvalue weighted by molar-refractivity contribution is 6.30. The number of halogens is 1. The molecule has 5 nitrogen and oxygen atoms in total. The number of allylic oxidation sites excluding steroid dienone is 4. The third-order valence-corrected chi connectivity index (χ3v) is 4.90. The van der Waals surface area contributed by atoms with Gasteiger partial charge in [0, 0.05) is 24.8 Å². The molecule has 2 aromatic heterocycles. The topological polar surface area (TPSA) is 50.5 Å². The van der Waals surface area contributed by atoms with E-state index in [0.717, 1.165) is 19.3 Å². The molecule has 0 bridgehead atoms. The summed E-state index contributed by atoms with van der Waals surface area (Å²) < 4.78 is 1.54. The van der Waals surface area contributed by atoms with Gasteiger partial charge < -0.3 is 4.90 Å². The van der Waals surface area contributed by atoms with Gasteiger partial charge in [-0.15, -0.1) is 0 Å². The van der Waals surface area contributed by atoms with Gasteiger partial charge in [-0.05, 0) is 37.3 Å². The molecule has 0 radical (unpaired) electrons. The van der Waals surface area contributed by atoms with Crippen LogP contribution in [0.2, 0.25) is 5.02 Å². The van der Waals surface area contributed by atoms with Gasteiger partial charge in [-0.25, -0.2) is 9.50 Å². The van der Waals surface area contributed by atoms with E-state index in [-0.39, 0.29) is 11.9 Å². The Morgan fingerprint density at radius 1 is 1.32 bits per heavy atom. The van der Waals surface area contributed by atoms with E-state index < -0.39 is 0 Å². The van der Waals surface area contributed by atoms with Gasteiger partial charge in [-0.1, -0.05) is 35.9 Å². The number of hydrogen-bond donors (Lipinski definition) is 0. The van der Waals surface area contributed by atoms with E-state index in [1.807, 2.05) is 4.90 Å². The van der Waals surface area contributed by atoms with Crippen LogP contribution in [-0.2, 0) is 0 Å². The van der Waals surface area contributed by atoms with Crippen molar-refractivity contribution in [3.05, 3.63) is 64.6 Å². The number of rotatable bonds is 2. The lowest BCUT2D eigenvalue weighted by Crippen LogP contribution is -2.41. The van der Waals surface area contributed by atoms with Crippen LogP contribution in [0.4, 0.5) is 0 Å². The average molecular weight is 355 g/mol. The van der Waals surface area contributed by atoms with Gasteiger partial charge in [0.05, 0.1) is 11.2 Å². The summed E-state index contributed by atoms with van der Waals surface area (Å²) in [6.45, 7) is 2.69. The Morgan fingerprint density at radius 3 is 2.96 bits per heavy atom. The summed E-state index contributed by atoms with van der Waals surface area (Å²) in [7, 11) is 0. The molecule has 1 aliphatic heterocycles. The van der Waals surface area contributed by atoms with Gasteiger partial charge in [0.1, 0.15) is 0 Å². The van der Waals surface area contributed by atoms with Crippen LogP contribution < -0.4 is 0 Å². The van der Waals surface area contributed by atoms with E-state index >= 15 is 0 Å². The molecular weight excluding hydrogens is 336 g/mol. The molecule has 0 spiro atoms. The van der Waals surface area contributed by atoms with Crippen molar-refractivity contribution >= 4 is 23.2 Å². The second kappa shape index (κ2) is 6.48. The summed E-state index contributed by atoms with van der Waals surface area (Å²) in [6, 6.07) is 1.84. The van der Waals surface area contributed by atoms with Gasteiger partial charge in [-0.3, -0.25) is 4.79 Å². The Hall–Kier alpha value is -2.40. The van der Waals surface area contributed by atoms with Gasteiger partial charge in [-0.2, -0.15) is 5.10 Å². The third kappa shape index (κ3) is 3.12. The number of hydrogen-bond acceptors (Lipinski definition) is 3. The highest BCUT2D eigenvalue weighted by Crippen LogP contribution is 2.27. The molecule has 0 N–H and O–H groups in total. The van der Waals surface area contributed by atoms with Crippen LogP contribution in [0.25, 0.3) is 5.65 Å². The molecule has 1 atom stereocenters. The maximum Gasteiger partial charge on any atom is 0.274 e. The van der Waals surface area contributed by atoms with Crippen molar-refractivity contribution in [3.63, 3.8) is 0 Å². The first-order valence-electron chi connectivity index (χ1n) is 8.50. The lowest BCUT2D eigenvalue weighted by molar-refractivity contribution is 0.0699. The minimum absolute atomic E-state index is 0.0717.